The Bertz CT molecular complexity index is 852. The van der Waals surface area contributed by atoms with Gasteiger partial charge in [-0.2, -0.15) is 0 Å². The van der Waals surface area contributed by atoms with E-state index in [0.717, 1.165) is 23.5 Å². The zero-order chi connectivity index (χ0) is 20.7. The van der Waals surface area contributed by atoms with Crippen LogP contribution in [0.1, 0.15) is 21.5 Å². The molecule has 150 valence electrons. The summed E-state index contributed by atoms with van der Waals surface area (Å²) >= 11 is 12.1. The predicted octanol–water partition coefficient (Wildman–Crippen LogP) is 3.95. The molecule has 2 aromatic carbocycles. The van der Waals surface area contributed by atoms with E-state index in [2.05, 4.69) is 10.3 Å². The van der Waals surface area contributed by atoms with E-state index in [1.807, 2.05) is 48.3 Å². The SMILES string of the molecule is CN=C(NCCc1cccc(C(=O)N(C)C)c1)N(C)Cc1ccc(Cl)c(Cl)c1. The van der Waals surface area contributed by atoms with Gasteiger partial charge in [-0.05, 0) is 41.8 Å². The lowest BCUT2D eigenvalue weighted by molar-refractivity contribution is 0.0827. The number of rotatable bonds is 6. The molecule has 0 aromatic heterocycles. The van der Waals surface area contributed by atoms with Crippen LogP contribution in [0.5, 0.6) is 0 Å². The number of benzene rings is 2. The molecule has 5 nitrogen and oxygen atoms in total. The second-order valence-electron chi connectivity index (χ2n) is 6.73. The van der Waals surface area contributed by atoms with E-state index in [-0.39, 0.29) is 5.91 Å². The third kappa shape index (κ3) is 6.14. The van der Waals surface area contributed by atoms with Crippen molar-refractivity contribution < 1.29 is 4.79 Å². The molecular formula is C21H26Cl2N4O. The molecule has 28 heavy (non-hydrogen) atoms. The number of amides is 1. The van der Waals surface area contributed by atoms with Crippen LogP contribution < -0.4 is 5.32 Å². The molecule has 0 saturated carbocycles. The minimum absolute atomic E-state index is 0.00646. The normalized spacial score (nSPS) is 11.3. The first-order valence-corrected chi connectivity index (χ1v) is 9.73. The average Bonchev–Trinajstić information content (AvgIpc) is 2.67. The molecule has 2 aromatic rings. The van der Waals surface area contributed by atoms with Crippen molar-refractivity contribution in [2.75, 3.05) is 34.7 Å². The first kappa shape index (κ1) is 22.1. The molecule has 0 heterocycles. The third-order valence-electron chi connectivity index (χ3n) is 4.25. The minimum atomic E-state index is 0.00646. The highest BCUT2D eigenvalue weighted by molar-refractivity contribution is 6.42. The standard InChI is InChI=1S/C21H26Cl2N4O/c1-24-21(27(4)14-16-8-9-18(22)19(23)13-16)25-11-10-15-6-5-7-17(12-15)20(28)26(2)3/h5-9,12-13H,10-11,14H2,1-4H3,(H,24,25). The Morgan fingerprint density at radius 1 is 1.04 bits per heavy atom. The first-order chi connectivity index (χ1) is 13.3. The fraction of sp³-hybridized carbons (Fsp3) is 0.333. The van der Waals surface area contributed by atoms with Gasteiger partial charge >= 0.3 is 0 Å². The highest BCUT2D eigenvalue weighted by Gasteiger charge is 2.10. The fourth-order valence-corrected chi connectivity index (χ4v) is 3.13. The summed E-state index contributed by atoms with van der Waals surface area (Å²) in [6, 6.07) is 13.3. The average molecular weight is 421 g/mol. The van der Waals surface area contributed by atoms with Crippen molar-refractivity contribution in [2.24, 2.45) is 4.99 Å². The van der Waals surface area contributed by atoms with Crippen molar-refractivity contribution in [1.82, 2.24) is 15.1 Å². The number of nitrogens with one attached hydrogen (secondary N) is 1. The van der Waals surface area contributed by atoms with Crippen LogP contribution in [-0.2, 0) is 13.0 Å². The summed E-state index contributed by atoms with van der Waals surface area (Å²) < 4.78 is 0. The lowest BCUT2D eigenvalue weighted by Gasteiger charge is -2.22. The van der Waals surface area contributed by atoms with Crippen LogP contribution in [0.25, 0.3) is 0 Å². The quantitative estimate of drug-likeness (QED) is 0.568. The second-order valence-corrected chi connectivity index (χ2v) is 7.54. The molecule has 2 rings (SSSR count). The maximum absolute atomic E-state index is 12.1. The summed E-state index contributed by atoms with van der Waals surface area (Å²) in [7, 11) is 7.23. The van der Waals surface area contributed by atoms with E-state index in [9.17, 15) is 4.79 Å². The second kappa shape index (κ2) is 10.3. The van der Waals surface area contributed by atoms with E-state index in [4.69, 9.17) is 23.2 Å². The zero-order valence-electron chi connectivity index (χ0n) is 16.7. The summed E-state index contributed by atoms with van der Waals surface area (Å²) in [5.41, 5.74) is 2.85. The molecule has 0 saturated heterocycles. The Balaban J connectivity index is 1.92. The maximum atomic E-state index is 12.1. The summed E-state index contributed by atoms with van der Waals surface area (Å²) in [5, 5.41) is 4.45. The maximum Gasteiger partial charge on any atom is 0.253 e. The van der Waals surface area contributed by atoms with Crippen molar-refractivity contribution >= 4 is 35.1 Å². The molecule has 0 aliphatic rings. The van der Waals surface area contributed by atoms with Crippen LogP contribution in [0.4, 0.5) is 0 Å². The topological polar surface area (TPSA) is 47.9 Å². The van der Waals surface area contributed by atoms with Crippen LogP contribution in [-0.4, -0.2) is 56.4 Å². The Hall–Kier alpha value is -2.24. The van der Waals surface area contributed by atoms with Gasteiger partial charge in [-0.25, -0.2) is 0 Å². The fourth-order valence-electron chi connectivity index (χ4n) is 2.81. The highest BCUT2D eigenvalue weighted by atomic mass is 35.5. The Labute approximate surface area is 177 Å². The molecule has 1 amide bonds. The van der Waals surface area contributed by atoms with E-state index in [1.165, 1.54) is 0 Å². The van der Waals surface area contributed by atoms with Crippen LogP contribution in [0, 0.1) is 0 Å². The van der Waals surface area contributed by atoms with Crippen molar-refractivity contribution in [2.45, 2.75) is 13.0 Å². The van der Waals surface area contributed by atoms with E-state index < -0.39 is 0 Å². The zero-order valence-corrected chi connectivity index (χ0v) is 18.2. The molecule has 0 bridgehead atoms. The number of nitrogens with zero attached hydrogens (tertiary/aromatic N) is 3. The van der Waals surface area contributed by atoms with E-state index in [1.54, 1.807) is 32.1 Å². The highest BCUT2D eigenvalue weighted by Crippen LogP contribution is 2.23. The molecular weight excluding hydrogens is 395 g/mol. The number of carbonyl (C=O) groups excluding carboxylic acids is 1. The Morgan fingerprint density at radius 2 is 1.79 bits per heavy atom. The predicted molar refractivity (Wildman–Crippen MR) is 117 cm³/mol. The lowest BCUT2D eigenvalue weighted by Crippen LogP contribution is -2.39. The molecule has 1 N–H and O–H groups in total. The van der Waals surface area contributed by atoms with Crippen LogP contribution in [0.2, 0.25) is 10.0 Å². The monoisotopic (exact) mass is 420 g/mol. The van der Waals surface area contributed by atoms with E-state index >= 15 is 0 Å². The lowest BCUT2D eigenvalue weighted by atomic mass is 10.1. The molecule has 0 aliphatic heterocycles. The molecule has 0 aliphatic carbocycles. The van der Waals surface area contributed by atoms with Gasteiger partial charge in [0.2, 0.25) is 0 Å². The molecule has 0 unspecified atom stereocenters. The summed E-state index contributed by atoms with van der Waals surface area (Å²) in [5.74, 6) is 0.790. The Morgan fingerprint density at radius 3 is 2.43 bits per heavy atom. The van der Waals surface area contributed by atoms with Crippen molar-refractivity contribution in [3.05, 3.63) is 69.2 Å². The van der Waals surface area contributed by atoms with Gasteiger partial charge in [-0.3, -0.25) is 9.79 Å². The largest absolute Gasteiger partial charge is 0.356 e. The molecule has 0 radical (unpaired) electrons. The summed E-state index contributed by atoms with van der Waals surface area (Å²) in [6.07, 6.45) is 0.786. The van der Waals surface area contributed by atoms with Crippen LogP contribution in [0.3, 0.4) is 0 Å². The number of guanidine groups is 1. The van der Waals surface area contributed by atoms with Crippen molar-refractivity contribution in [3.63, 3.8) is 0 Å². The van der Waals surface area contributed by atoms with Gasteiger partial charge in [0, 0.05) is 46.8 Å². The van der Waals surface area contributed by atoms with Gasteiger partial charge in [-0.15, -0.1) is 0 Å². The number of carbonyl (C=O) groups is 1. The van der Waals surface area contributed by atoms with Gasteiger partial charge in [0.25, 0.3) is 5.91 Å². The number of aliphatic imine (C=N–C) groups is 1. The van der Waals surface area contributed by atoms with Gasteiger partial charge in [0.15, 0.2) is 5.96 Å². The Kier molecular flexibility index (Phi) is 8.15. The van der Waals surface area contributed by atoms with Crippen molar-refractivity contribution in [3.8, 4) is 0 Å². The third-order valence-corrected chi connectivity index (χ3v) is 4.99. The van der Waals surface area contributed by atoms with Crippen LogP contribution >= 0.6 is 23.2 Å². The van der Waals surface area contributed by atoms with Gasteiger partial charge in [0.1, 0.15) is 0 Å². The molecule has 0 fully saturated rings. The smallest absolute Gasteiger partial charge is 0.253 e. The summed E-state index contributed by atoms with van der Waals surface area (Å²) in [4.78, 5) is 20.0. The summed E-state index contributed by atoms with van der Waals surface area (Å²) in [6.45, 7) is 1.36. The number of hydrogen-bond acceptors (Lipinski definition) is 2. The van der Waals surface area contributed by atoms with Gasteiger partial charge in [-0.1, -0.05) is 41.4 Å². The molecule has 0 spiro atoms. The number of hydrogen-bond donors (Lipinski definition) is 1. The van der Waals surface area contributed by atoms with Crippen molar-refractivity contribution in [1.29, 1.82) is 0 Å². The van der Waals surface area contributed by atoms with Gasteiger partial charge in [0.05, 0.1) is 10.0 Å². The van der Waals surface area contributed by atoms with Gasteiger partial charge < -0.3 is 15.1 Å². The van der Waals surface area contributed by atoms with E-state index in [0.29, 0.717) is 28.7 Å². The number of halogens is 2. The molecule has 0 atom stereocenters. The minimum Gasteiger partial charge on any atom is -0.356 e. The van der Waals surface area contributed by atoms with Crippen LogP contribution in [0.15, 0.2) is 47.5 Å². The molecule has 7 heteroatoms. The first-order valence-electron chi connectivity index (χ1n) is 8.98.